The van der Waals surface area contributed by atoms with Crippen LogP contribution >= 0.6 is 0 Å². The molecule has 0 aliphatic carbocycles. The predicted molar refractivity (Wildman–Crippen MR) is 62.5 cm³/mol. The number of hydrogen-bond donors (Lipinski definition) is 8. The maximum atomic E-state index is 8.74. The molecule has 0 spiro atoms. The molecule has 10 N–H and O–H groups in total. The summed E-state index contributed by atoms with van der Waals surface area (Å²) in [6, 6.07) is 0. The van der Waals surface area contributed by atoms with Crippen molar-refractivity contribution in [3.63, 3.8) is 0 Å². The van der Waals surface area contributed by atoms with Crippen molar-refractivity contribution in [2.75, 3.05) is 13.1 Å². The van der Waals surface area contributed by atoms with Crippen LogP contribution in [0.1, 0.15) is 0 Å². The highest BCUT2D eigenvalue weighted by molar-refractivity contribution is 7.79. The first-order valence-electron chi connectivity index (χ1n) is 3.99. The number of nitrogens with zero attached hydrogens (tertiary/aromatic N) is 1. The summed E-state index contributed by atoms with van der Waals surface area (Å²) >= 11 is 0. The van der Waals surface area contributed by atoms with E-state index in [1.807, 2.05) is 5.32 Å². The SMILES string of the molecule is C1=NCCN1.N=C(N)NC(=N)N.O=S(=O)(O)O. The molecule has 1 heterocycles. The van der Waals surface area contributed by atoms with Gasteiger partial charge in [0.25, 0.3) is 0 Å². The van der Waals surface area contributed by atoms with Crippen molar-refractivity contribution in [2.24, 2.45) is 16.5 Å². The van der Waals surface area contributed by atoms with Crippen molar-refractivity contribution in [3.05, 3.63) is 0 Å². The Hall–Kier alpha value is -1.92. The number of hydrogen-bond acceptors (Lipinski definition) is 6. The number of aliphatic imine (C=N–C) groups is 1. The molecule has 0 aromatic rings. The van der Waals surface area contributed by atoms with Crippen molar-refractivity contribution < 1.29 is 17.5 Å². The lowest BCUT2D eigenvalue weighted by molar-refractivity contribution is 0.381. The monoisotopic (exact) mass is 269 g/mol. The van der Waals surface area contributed by atoms with Crippen LogP contribution in [0.5, 0.6) is 0 Å². The van der Waals surface area contributed by atoms with E-state index in [1.54, 1.807) is 6.34 Å². The van der Waals surface area contributed by atoms with Crippen molar-refractivity contribution in [3.8, 4) is 0 Å². The minimum absolute atomic E-state index is 0.312. The van der Waals surface area contributed by atoms with E-state index in [-0.39, 0.29) is 11.9 Å². The summed E-state index contributed by atoms with van der Waals surface area (Å²) in [6.07, 6.45) is 1.74. The second-order valence-corrected chi connectivity index (χ2v) is 3.29. The van der Waals surface area contributed by atoms with Crippen LogP contribution in [0.3, 0.4) is 0 Å². The maximum Gasteiger partial charge on any atom is 0.394 e. The van der Waals surface area contributed by atoms with E-state index in [0.29, 0.717) is 0 Å². The summed E-state index contributed by atoms with van der Waals surface area (Å²) in [6.45, 7) is 1.99. The normalized spacial score (nSPS) is 12.1. The van der Waals surface area contributed by atoms with Crippen LogP contribution in [-0.4, -0.2) is 48.9 Å². The van der Waals surface area contributed by atoms with E-state index in [4.69, 9.17) is 39.8 Å². The molecule has 0 saturated carbocycles. The summed E-state index contributed by atoms with van der Waals surface area (Å²) in [5.74, 6) is -0.625. The van der Waals surface area contributed by atoms with Gasteiger partial charge in [0.15, 0.2) is 11.9 Å². The van der Waals surface area contributed by atoms with Crippen molar-refractivity contribution in [1.29, 1.82) is 10.8 Å². The van der Waals surface area contributed by atoms with E-state index in [9.17, 15) is 0 Å². The molecule has 17 heavy (non-hydrogen) atoms. The second-order valence-electron chi connectivity index (χ2n) is 2.39. The predicted octanol–water partition coefficient (Wildman–Crippen LogP) is -2.67. The molecule has 0 saturated heterocycles. The summed E-state index contributed by atoms with van der Waals surface area (Å²) in [5, 5.41) is 17.9. The molecule has 0 radical (unpaired) electrons. The first-order valence-corrected chi connectivity index (χ1v) is 5.39. The largest absolute Gasteiger partial charge is 0.394 e. The Morgan fingerprint density at radius 3 is 1.82 bits per heavy atom. The molecule has 0 amide bonds. The van der Waals surface area contributed by atoms with Gasteiger partial charge in [-0.25, -0.2) is 0 Å². The second kappa shape index (κ2) is 9.32. The molecule has 0 aromatic heterocycles. The van der Waals surface area contributed by atoms with Gasteiger partial charge in [-0.15, -0.1) is 0 Å². The molecule has 1 rings (SSSR count). The molecular formula is C5H15N7O4S. The number of guanidine groups is 2. The summed E-state index contributed by atoms with van der Waals surface area (Å²) in [4.78, 5) is 3.85. The summed E-state index contributed by atoms with van der Waals surface area (Å²) in [5.41, 5.74) is 9.49. The topological polar surface area (TPSA) is 211 Å². The fourth-order valence-corrected chi connectivity index (χ4v) is 0.468. The van der Waals surface area contributed by atoms with Crippen molar-refractivity contribution >= 4 is 28.7 Å². The van der Waals surface area contributed by atoms with E-state index in [1.165, 1.54) is 0 Å². The maximum absolute atomic E-state index is 8.74. The van der Waals surface area contributed by atoms with Crippen LogP contribution in [0.15, 0.2) is 4.99 Å². The molecule has 0 atom stereocenters. The Morgan fingerprint density at radius 1 is 1.35 bits per heavy atom. The Balaban J connectivity index is 0. The zero-order valence-electron chi connectivity index (χ0n) is 8.71. The van der Waals surface area contributed by atoms with Crippen molar-refractivity contribution in [2.45, 2.75) is 0 Å². The van der Waals surface area contributed by atoms with Crippen LogP contribution in [0.4, 0.5) is 0 Å². The molecule has 1 aliphatic heterocycles. The average Bonchev–Trinajstić information content (AvgIpc) is 2.52. The molecule has 0 fully saturated rings. The Bertz CT molecular complexity index is 338. The van der Waals surface area contributed by atoms with Gasteiger partial charge in [0.2, 0.25) is 0 Å². The highest BCUT2D eigenvalue weighted by atomic mass is 32.3. The fourth-order valence-electron chi connectivity index (χ4n) is 0.468. The lowest BCUT2D eigenvalue weighted by atomic mass is 10.7. The molecule has 11 nitrogen and oxygen atoms in total. The molecule has 0 aromatic carbocycles. The quantitative estimate of drug-likeness (QED) is 0.131. The number of nitrogens with two attached hydrogens (primary N) is 2. The zero-order valence-corrected chi connectivity index (χ0v) is 9.53. The van der Waals surface area contributed by atoms with Gasteiger partial charge in [-0.3, -0.25) is 30.2 Å². The third-order valence-electron chi connectivity index (χ3n) is 0.837. The van der Waals surface area contributed by atoms with E-state index < -0.39 is 10.4 Å². The molecule has 12 heteroatoms. The average molecular weight is 269 g/mol. The fraction of sp³-hybridized carbons (Fsp3) is 0.400. The van der Waals surface area contributed by atoms with Crippen LogP contribution < -0.4 is 22.1 Å². The molecule has 0 bridgehead atoms. The van der Waals surface area contributed by atoms with Crippen LogP contribution in [0.2, 0.25) is 0 Å². The highest BCUT2D eigenvalue weighted by Crippen LogP contribution is 1.68. The van der Waals surface area contributed by atoms with Gasteiger partial charge in [-0.1, -0.05) is 0 Å². The molecular weight excluding hydrogens is 254 g/mol. The van der Waals surface area contributed by atoms with Crippen LogP contribution in [0.25, 0.3) is 0 Å². The van der Waals surface area contributed by atoms with Gasteiger partial charge < -0.3 is 16.8 Å². The van der Waals surface area contributed by atoms with E-state index in [2.05, 4.69) is 10.3 Å². The van der Waals surface area contributed by atoms with Gasteiger partial charge in [0, 0.05) is 6.54 Å². The first-order chi connectivity index (χ1) is 7.63. The Kier molecular flexibility index (Phi) is 9.58. The minimum atomic E-state index is -4.67. The summed E-state index contributed by atoms with van der Waals surface area (Å²) < 4.78 is 31.6. The molecule has 100 valence electrons. The lowest BCUT2D eigenvalue weighted by Gasteiger charge is -1.95. The first kappa shape index (κ1) is 17.5. The summed E-state index contributed by atoms with van der Waals surface area (Å²) in [7, 11) is -4.67. The standard InChI is InChI=1S/C3H6N2.C2H7N5.H2O4S/c1-2-5-3-4-1;3-1(4)7-2(5)6;1-5(2,3)4/h3H,1-2H2,(H,4,5);(H7,3,4,5,6,7);(H2,1,2,3,4). The van der Waals surface area contributed by atoms with Crippen molar-refractivity contribution in [1.82, 2.24) is 10.6 Å². The Labute approximate surface area is 97.9 Å². The van der Waals surface area contributed by atoms with Gasteiger partial charge in [-0.05, 0) is 0 Å². The minimum Gasteiger partial charge on any atom is -0.375 e. The zero-order chi connectivity index (χ0) is 13.9. The van der Waals surface area contributed by atoms with Crippen LogP contribution in [0, 0.1) is 10.8 Å². The third kappa shape index (κ3) is 41.0. The van der Waals surface area contributed by atoms with E-state index >= 15 is 0 Å². The van der Waals surface area contributed by atoms with Crippen LogP contribution in [-0.2, 0) is 10.4 Å². The number of nitrogens with one attached hydrogen (secondary N) is 4. The molecule has 1 aliphatic rings. The highest BCUT2D eigenvalue weighted by Gasteiger charge is 1.85. The van der Waals surface area contributed by atoms with E-state index in [0.717, 1.165) is 13.1 Å². The molecule has 0 unspecified atom stereocenters. The van der Waals surface area contributed by atoms with Gasteiger partial charge in [0.1, 0.15) is 0 Å². The smallest absolute Gasteiger partial charge is 0.375 e. The Morgan fingerprint density at radius 2 is 1.76 bits per heavy atom. The third-order valence-corrected chi connectivity index (χ3v) is 0.837. The van der Waals surface area contributed by atoms with Gasteiger partial charge >= 0.3 is 10.4 Å². The van der Waals surface area contributed by atoms with Gasteiger partial charge in [0.05, 0.1) is 12.9 Å². The lowest BCUT2D eigenvalue weighted by Crippen LogP contribution is -2.39. The van der Waals surface area contributed by atoms with Gasteiger partial charge in [-0.2, -0.15) is 8.42 Å². The number of rotatable bonds is 0.